The predicted molar refractivity (Wildman–Crippen MR) is 93.5 cm³/mol. The first kappa shape index (κ1) is 18.4. The number of hydrogen-bond donors (Lipinski definition) is 0. The number of anilines is 1. The molecule has 0 saturated heterocycles. The SMILES string of the molecule is N#CCCN(C(=O)COC(=O)CC1CC2CCC1C2)c1ccccc1F. The summed E-state index contributed by atoms with van der Waals surface area (Å²) in [6, 6.07) is 7.82. The van der Waals surface area contributed by atoms with E-state index < -0.39 is 18.3 Å². The number of amides is 1. The predicted octanol–water partition coefficient (Wildman–Crippen LogP) is 3.44. The van der Waals surface area contributed by atoms with E-state index in [-0.39, 0.29) is 24.6 Å². The normalized spacial score (nSPS) is 23.5. The van der Waals surface area contributed by atoms with Gasteiger partial charge in [-0.15, -0.1) is 0 Å². The second-order valence-electron chi connectivity index (χ2n) is 7.20. The fourth-order valence-corrected chi connectivity index (χ4v) is 4.33. The summed E-state index contributed by atoms with van der Waals surface area (Å²) < 4.78 is 19.2. The molecule has 3 atom stereocenters. The molecule has 2 aliphatic carbocycles. The van der Waals surface area contributed by atoms with Gasteiger partial charge in [0.25, 0.3) is 5.91 Å². The van der Waals surface area contributed by atoms with Crippen molar-refractivity contribution in [1.82, 2.24) is 0 Å². The molecule has 1 aromatic carbocycles. The van der Waals surface area contributed by atoms with E-state index in [0.717, 1.165) is 12.3 Å². The van der Waals surface area contributed by atoms with Crippen LogP contribution in [0.2, 0.25) is 0 Å². The Morgan fingerprint density at radius 2 is 2.08 bits per heavy atom. The van der Waals surface area contributed by atoms with Crippen LogP contribution in [0.5, 0.6) is 0 Å². The quantitative estimate of drug-likeness (QED) is 0.700. The van der Waals surface area contributed by atoms with Crippen LogP contribution in [0.3, 0.4) is 0 Å². The van der Waals surface area contributed by atoms with Gasteiger partial charge in [-0.1, -0.05) is 18.6 Å². The topological polar surface area (TPSA) is 70.4 Å². The number of ether oxygens (including phenoxy) is 1. The van der Waals surface area contributed by atoms with Crippen molar-refractivity contribution in [3.05, 3.63) is 30.1 Å². The number of nitriles is 1. The molecule has 0 heterocycles. The lowest BCUT2D eigenvalue weighted by atomic mass is 9.86. The number of benzene rings is 1. The highest BCUT2D eigenvalue weighted by atomic mass is 19.1. The molecule has 0 N–H and O–H groups in total. The Morgan fingerprint density at radius 3 is 2.73 bits per heavy atom. The lowest BCUT2D eigenvalue weighted by Gasteiger charge is -2.23. The van der Waals surface area contributed by atoms with E-state index in [0.29, 0.717) is 18.3 Å². The number of esters is 1. The number of nitrogens with zero attached hydrogens (tertiary/aromatic N) is 2. The van der Waals surface area contributed by atoms with Gasteiger partial charge >= 0.3 is 5.97 Å². The Morgan fingerprint density at radius 1 is 1.27 bits per heavy atom. The number of carbonyl (C=O) groups is 2. The minimum atomic E-state index is -0.549. The first-order chi connectivity index (χ1) is 12.6. The van der Waals surface area contributed by atoms with Crippen molar-refractivity contribution >= 4 is 17.6 Å². The average Bonchev–Trinajstić information content (AvgIpc) is 3.24. The Labute approximate surface area is 152 Å². The molecule has 5 nitrogen and oxygen atoms in total. The summed E-state index contributed by atoms with van der Waals surface area (Å²) in [5.74, 6) is 0.303. The molecule has 3 unspecified atom stereocenters. The summed E-state index contributed by atoms with van der Waals surface area (Å²) in [4.78, 5) is 25.7. The van der Waals surface area contributed by atoms with Gasteiger partial charge in [-0.2, -0.15) is 5.26 Å². The number of rotatable bonds is 7. The highest BCUT2D eigenvalue weighted by Crippen LogP contribution is 2.49. The van der Waals surface area contributed by atoms with E-state index in [1.54, 1.807) is 6.07 Å². The smallest absolute Gasteiger partial charge is 0.306 e. The largest absolute Gasteiger partial charge is 0.456 e. The first-order valence-corrected chi connectivity index (χ1v) is 9.16. The van der Waals surface area contributed by atoms with Gasteiger partial charge in [-0.25, -0.2) is 4.39 Å². The standard InChI is InChI=1S/C20H23FN2O3/c21-17-4-1-2-5-18(17)23(9-3-8-22)19(24)13-26-20(25)12-16-11-14-6-7-15(16)10-14/h1-2,4-5,14-16H,3,6-7,9-13H2. The van der Waals surface area contributed by atoms with Crippen molar-refractivity contribution in [1.29, 1.82) is 5.26 Å². The second kappa shape index (κ2) is 8.31. The van der Waals surface area contributed by atoms with Crippen molar-refractivity contribution in [2.24, 2.45) is 17.8 Å². The molecule has 0 spiro atoms. The van der Waals surface area contributed by atoms with Crippen LogP contribution in [0.1, 0.15) is 38.5 Å². The van der Waals surface area contributed by atoms with E-state index >= 15 is 0 Å². The van der Waals surface area contributed by atoms with Crippen molar-refractivity contribution < 1.29 is 18.7 Å². The fraction of sp³-hybridized carbons (Fsp3) is 0.550. The Kier molecular flexibility index (Phi) is 5.87. The van der Waals surface area contributed by atoms with Crippen LogP contribution in [0.25, 0.3) is 0 Å². The molecular weight excluding hydrogens is 335 g/mol. The second-order valence-corrected chi connectivity index (χ2v) is 7.20. The van der Waals surface area contributed by atoms with Gasteiger partial charge in [0.05, 0.1) is 18.2 Å². The minimum absolute atomic E-state index is 0.0558. The zero-order valence-electron chi connectivity index (χ0n) is 14.7. The van der Waals surface area contributed by atoms with Crippen LogP contribution in [-0.2, 0) is 14.3 Å². The van der Waals surface area contributed by atoms with Gasteiger partial charge in [-0.05, 0) is 49.1 Å². The molecule has 3 rings (SSSR count). The lowest BCUT2D eigenvalue weighted by molar-refractivity contribution is -0.149. The molecule has 138 valence electrons. The maximum absolute atomic E-state index is 14.0. The highest BCUT2D eigenvalue weighted by Gasteiger charge is 2.40. The molecule has 26 heavy (non-hydrogen) atoms. The maximum Gasteiger partial charge on any atom is 0.306 e. The summed E-state index contributed by atoms with van der Waals surface area (Å²) >= 11 is 0. The Bertz CT molecular complexity index is 715. The number of hydrogen-bond acceptors (Lipinski definition) is 4. The van der Waals surface area contributed by atoms with Gasteiger partial charge in [0.2, 0.25) is 0 Å². The van der Waals surface area contributed by atoms with Crippen LogP contribution in [0.4, 0.5) is 10.1 Å². The van der Waals surface area contributed by atoms with Crippen molar-refractivity contribution in [2.45, 2.75) is 38.5 Å². The molecular formula is C20H23FN2O3. The summed E-state index contributed by atoms with van der Waals surface area (Å²) in [5, 5.41) is 8.78. The van der Waals surface area contributed by atoms with E-state index in [1.807, 2.05) is 6.07 Å². The van der Waals surface area contributed by atoms with E-state index in [9.17, 15) is 14.0 Å². The third-order valence-corrected chi connectivity index (χ3v) is 5.56. The van der Waals surface area contributed by atoms with E-state index in [4.69, 9.17) is 10.00 Å². The van der Waals surface area contributed by atoms with Crippen LogP contribution < -0.4 is 4.90 Å². The summed E-state index contributed by atoms with van der Waals surface area (Å²) in [7, 11) is 0. The monoisotopic (exact) mass is 358 g/mol. The van der Waals surface area contributed by atoms with Crippen molar-refractivity contribution in [3.8, 4) is 6.07 Å². The number of carbonyl (C=O) groups excluding carboxylic acids is 2. The Balaban J connectivity index is 1.55. The molecule has 0 aliphatic heterocycles. The van der Waals surface area contributed by atoms with Crippen LogP contribution in [-0.4, -0.2) is 25.0 Å². The summed E-state index contributed by atoms with van der Waals surface area (Å²) in [6.07, 6.45) is 5.18. The first-order valence-electron chi connectivity index (χ1n) is 9.16. The van der Waals surface area contributed by atoms with Gasteiger partial charge in [0, 0.05) is 13.0 Å². The number of fused-ring (bicyclic) bond motifs is 2. The van der Waals surface area contributed by atoms with Gasteiger partial charge in [0.1, 0.15) is 5.82 Å². The maximum atomic E-state index is 14.0. The molecule has 6 heteroatoms. The van der Waals surface area contributed by atoms with Gasteiger partial charge < -0.3 is 9.64 Å². The molecule has 0 radical (unpaired) electrons. The molecule has 2 saturated carbocycles. The third-order valence-electron chi connectivity index (χ3n) is 5.56. The van der Waals surface area contributed by atoms with Crippen molar-refractivity contribution in [3.63, 3.8) is 0 Å². The molecule has 1 amide bonds. The summed E-state index contributed by atoms with van der Waals surface area (Å²) in [6.45, 7) is -0.375. The number of halogens is 1. The zero-order valence-corrected chi connectivity index (χ0v) is 14.7. The van der Waals surface area contributed by atoms with Crippen LogP contribution in [0.15, 0.2) is 24.3 Å². The van der Waals surface area contributed by atoms with Crippen molar-refractivity contribution in [2.75, 3.05) is 18.1 Å². The lowest BCUT2D eigenvalue weighted by Crippen LogP contribution is -2.36. The van der Waals surface area contributed by atoms with Crippen LogP contribution in [0, 0.1) is 34.9 Å². The summed E-state index contributed by atoms with van der Waals surface area (Å²) in [5.41, 5.74) is 0.0944. The molecule has 0 aromatic heterocycles. The highest BCUT2D eigenvalue weighted by molar-refractivity contribution is 5.95. The third kappa shape index (κ3) is 4.21. The Hall–Kier alpha value is -2.42. The molecule has 1 aromatic rings. The molecule has 2 bridgehead atoms. The van der Waals surface area contributed by atoms with Crippen LogP contribution >= 0.6 is 0 Å². The zero-order chi connectivity index (χ0) is 18.5. The molecule has 2 aliphatic rings. The van der Waals surface area contributed by atoms with E-state index in [2.05, 4.69) is 0 Å². The van der Waals surface area contributed by atoms with Gasteiger partial charge in [-0.3, -0.25) is 9.59 Å². The average molecular weight is 358 g/mol. The minimum Gasteiger partial charge on any atom is -0.456 e. The molecule has 2 fully saturated rings. The number of para-hydroxylation sites is 1. The fourth-order valence-electron chi connectivity index (χ4n) is 4.33. The van der Waals surface area contributed by atoms with Gasteiger partial charge in [0.15, 0.2) is 6.61 Å². The van der Waals surface area contributed by atoms with E-state index in [1.165, 1.54) is 42.4 Å².